The Morgan fingerprint density at radius 1 is 1.58 bits per heavy atom. The number of carboxylic acids is 1. The second-order valence-electron chi connectivity index (χ2n) is 2.42. The van der Waals surface area contributed by atoms with Crippen molar-refractivity contribution < 1.29 is 9.90 Å². The number of nitrogens with zero attached hydrogens (tertiary/aromatic N) is 1. The van der Waals surface area contributed by atoms with Crippen molar-refractivity contribution in [3.05, 3.63) is 29.3 Å². The van der Waals surface area contributed by atoms with Gasteiger partial charge in [0, 0.05) is 0 Å². The number of nitrogens with one attached hydrogen (secondary N) is 1. The van der Waals surface area contributed by atoms with Crippen molar-refractivity contribution in [2.24, 2.45) is 5.11 Å². The van der Waals surface area contributed by atoms with E-state index in [-0.39, 0.29) is 5.56 Å². The lowest BCUT2D eigenvalue weighted by atomic mass is 10.1. The molecule has 0 unspecified atom stereocenters. The van der Waals surface area contributed by atoms with E-state index in [2.05, 4.69) is 5.11 Å². The van der Waals surface area contributed by atoms with Gasteiger partial charge in [-0.05, 0) is 24.6 Å². The maximum atomic E-state index is 10.5. The first-order chi connectivity index (χ1) is 5.65. The molecule has 4 heteroatoms. The van der Waals surface area contributed by atoms with Crippen LogP contribution in [0.1, 0.15) is 15.9 Å². The molecule has 1 rings (SSSR count). The molecular weight excluding hydrogens is 156 g/mol. The molecule has 1 aromatic carbocycles. The fourth-order valence-electron chi connectivity index (χ4n) is 0.863. The van der Waals surface area contributed by atoms with Gasteiger partial charge in [-0.3, -0.25) is 0 Å². The van der Waals surface area contributed by atoms with Crippen LogP contribution in [-0.4, -0.2) is 11.1 Å². The molecule has 0 saturated heterocycles. The molecule has 0 bridgehead atoms. The number of carboxylic acid groups (broad SMARTS) is 1. The predicted molar refractivity (Wildman–Crippen MR) is 42.9 cm³/mol. The Morgan fingerprint density at radius 2 is 2.25 bits per heavy atom. The molecule has 0 aliphatic rings. The number of hydrogen-bond donors (Lipinski definition) is 2. The van der Waals surface area contributed by atoms with Crippen molar-refractivity contribution >= 4 is 11.7 Å². The Kier molecular flexibility index (Phi) is 2.19. The highest BCUT2D eigenvalue weighted by atomic mass is 16.4. The first-order valence-electron chi connectivity index (χ1n) is 3.36. The normalized spacial score (nSPS) is 9.42. The maximum Gasteiger partial charge on any atom is 0.335 e. The summed E-state index contributed by atoms with van der Waals surface area (Å²) in [6.07, 6.45) is 0. The van der Waals surface area contributed by atoms with Gasteiger partial charge in [0.25, 0.3) is 0 Å². The topological polar surface area (TPSA) is 73.5 Å². The molecule has 62 valence electrons. The van der Waals surface area contributed by atoms with Gasteiger partial charge in [0.05, 0.1) is 11.3 Å². The zero-order valence-corrected chi connectivity index (χ0v) is 6.53. The molecule has 0 heterocycles. The summed E-state index contributed by atoms with van der Waals surface area (Å²) >= 11 is 0. The van der Waals surface area contributed by atoms with Gasteiger partial charge in [0.1, 0.15) is 0 Å². The van der Waals surface area contributed by atoms with E-state index in [1.165, 1.54) is 12.1 Å². The fraction of sp³-hybridized carbons (Fsp3) is 0.125. The number of aryl methyl sites for hydroxylation is 1. The van der Waals surface area contributed by atoms with Crippen molar-refractivity contribution in [3.8, 4) is 0 Å². The Morgan fingerprint density at radius 3 is 2.75 bits per heavy atom. The molecule has 0 aliphatic heterocycles. The van der Waals surface area contributed by atoms with E-state index in [0.29, 0.717) is 5.69 Å². The van der Waals surface area contributed by atoms with Crippen molar-refractivity contribution in [2.75, 3.05) is 0 Å². The Balaban J connectivity index is 3.22. The lowest BCUT2D eigenvalue weighted by Crippen LogP contribution is -1.95. The van der Waals surface area contributed by atoms with E-state index in [1.54, 1.807) is 13.0 Å². The number of carbonyl (C=O) groups is 1. The molecule has 0 radical (unpaired) electrons. The molecule has 0 atom stereocenters. The van der Waals surface area contributed by atoms with E-state index in [9.17, 15) is 4.79 Å². The van der Waals surface area contributed by atoms with Crippen LogP contribution in [0.25, 0.3) is 0 Å². The summed E-state index contributed by atoms with van der Waals surface area (Å²) < 4.78 is 0. The third-order valence-electron chi connectivity index (χ3n) is 1.58. The maximum absolute atomic E-state index is 10.5. The van der Waals surface area contributed by atoms with E-state index in [1.807, 2.05) is 0 Å². The summed E-state index contributed by atoms with van der Waals surface area (Å²) in [5, 5.41) is 11.8. The second kappa shape index (κ2) is 3.13. The van der Waals surface area contributed by atoms with E-state index in [0.717, 1.165) is 5.56 Å². The minimum atomic E-state index is -1.00. The molecule has 0 spiro atoms. The first kappa shape index (κ1) is 8.39. The van der Waals surface area contributed by atoms with Gasteiger partial charge >= 0.3 is 5.97 Å². The zero-order chi connectivity index (χ0) is 9.14. The molecule has 1 aromatic rings. The molecule has 0 fully saturated rings. The summed E-state index contributed by atoms with van der Waals surface area (Å²) in [6, 6.07) is 4.51. The highest BCUT2D eigenvalue weighted by molar-refractivity contribution is 5.88. The summed E-state index contributed by atoms with van der Waals surface area (Å²) in [4.78, 5) is 10.5. The van der Waals surface area contributed by atoms with Gasteiger partial charge in [0.2, 0.25) is 0 Å². The van der Waals surface area contributed by atoms with E-state index < -0.39 is 5.97 Å². The van der Waals surface area contributed by atoms with Gasteiger partial charge in [0.15, 0.2) is 0 Å². The monoisotopic (exact) mass is 164 g/mol. The van der Waals surface area contributed by atoms with Crippen LogP contribution >= 0.6 is 0 Å². The van der Waals surface area contributed by atoms with Gasteiger partial charge in [-0.25, -0.2) is 10.3 Å². The minimum absolute atomic E-state index is 0.159. The molecule has 0 aromatic heterocycles. The number of rotatable bonds is 2. The highest BCUT2D eigenvalue weighted by Gasteiger charge is 2.04. The largest absolute Gasteiger partial charge is 0.478 e. The SMILES string of the molecule is Cc1ccc(C(=O)O)cc1N=N. The van der Waals surface area contributed by atoms with Gasteiger partial charge in [-0.1, -0.05) is 6.07 Å². The third kappa shape index (κ3) is 1.47. The van der Waals surface area contributed by atoms with Crippen LogP contribution in [0, 0.1) is 12.5 Å². The number of aromatic carboxylic acids is 1. The molecule has 2 N–H and O–H groups in total. The van der Waals surface area contributed by atoms with Crippen LogP contribution in [0.5, 0.6) is 0 Å². The van der Waals surface area contributed by atoms with Crippen LogP contribution in [0.15, 0.2) is 23.3 Å². The fourth-order valence-corrected chi connectivity index (χ4v) is 0.863. The van der Waals surface area contributed by atoms with Crippen LogP contribution in [0.4, 0.5) is 5.69 Å². The molecule has 0 aliphatic carbocycles. The molecule has 0 saturated carbocycles. The van der Waals surface area contributed by atoms with Crippen LogP contribution in [0.2, 0.25) is 0 Å². The predicted octanol–water partition coefficient (Wildman–Crippen LogP) is 2.36. The quantitative estimate of drug-likeness (QED) is 0.658. The van der Waals surface area contributed by atoms with Crippen molar-refractivity contribution in [1.29, 1.82) is 5.53 Å². The number of benzene rings is 1. The second-order valence-corrected chi connectivity index (χ2v) is 2.42. The van der Waals surface area contributed by atoms with Gasteiger partial charge in [-0.2, -0.15) is 5.11 Å². The van der Waals surface area contributed by atoms with Crippen LogP contribution in [-0.2, 0) is 0 Å². The highest BCUT2D eigenvalue weighted by Crippen LogP contribution is 2.19. The van der Waals surface area contributed by atoms with E-state index >= 15 is 0 Å². The van der Waals surface area contributed by atoms with E-state index in [4.69, 9.17) is 10.6 Å². The number of hydrogen-bond acceptors (Lipinski definition) is 3. The standard InChI is InChI=1S/C8H8N2O2/c1-5-2-3-6(8(11)12)4-7(5)10-9/h2-4,9H,1H3,(H,11,12). The Hall–Kier alpha value is -1.71. The average Bonchev–Trinajstić information content (AvgIpc) is 2.05. The Labute approximate surface area is 69.4 Å². The summed E-state index contributed by atoms with van der Waals surface area (Å²) in [5.74, 6) is -1.00. The minimum Gasteiger partial charge on any atom is -0.478 e. The van der Waals surface area contributed by atoms with Crippen LogP contribution in [0.3, 0.4) is 0 Å². The Bertz CT molecular complexity index is 334. The first-order valence-corrected chi connectivity index (χ1v) is 3.36. The average molecular weight is 164 g/mol. The zero-order valence-electron chi connectivity index (χ0n) is 6.53. The molecular formula is C8H8N2O2. The molecule has 4 nitrogen and oxygen atoms in total. The summed E-state index contributed by atoms with van der Waals surface area (Å²) in [7, 11) is 0. The van der Waals surface area contributed by atoms with Crippen molar-refractivity contribution in [2.45, 2.75) is 6.92 Å². The molecule has 12 heavy (non-hydrogen) atoms. The van der Waals surface area contributed by atoms with Crippen molar-refractivity contribution in [3.63, 3.8) is 0 Å². The molecule has 0 amide bonds. The summed E-state index contributed by atoms with van der Waals surface area (Å²) in [5.41, 5.74) is 8.11. The lowest BCUT2D eigenvalue weighted by molar-refractivity contribution is 0.0697. The third-order valence-corrected chi connectivity index (χ3v) is 1.58. The lowest BCUT2D eigenvalue weighted by Gasteiger charge is -1.98. The summed E-state index contributed by atoms with van der Waals surface area (Å²) in [6.45, 7) is 1.78. The van der Waals surface area contributed by atoms with Crippen LogP contribution < -0.4 is 0 Å². The van der Waals surface area contributed by atoms with Gasteiger partial charge < -0.3 is 5.11 Å². The smallest absolute Gasteiger partial charge is 0.335 e. The van der Waals surface area contributed by atoms with Crippen molar-refractivity contribution in [1.82, 2.24) is 0 Å². The van der Waals surface area contributed by atoms with Gasteiger partial charge in [-0.15, -0.1) is 0 Å².